The zero-order valence-electron chi connectivity index (χ0n) is 26.9. The van der Waals surface area contributed by atoms with E-state index in [0.717, 1.165) is 16.0 Å². The number of amides is 1. The molecule has 3 heterocycles. The van der Waals surface area contributed by atoms with E-state index in [4.69, 9.17) is 0 Å². The van der Waals surface area contributed by atoms with Crippen LogP contribution in [0.15, 0.2) is 70.5 Å². The van der Waals surface area contributed by atoms with Gasteiger partial charge in [-0.1, -0.05) is 52.7 Å². The smallest absolute Gasteiger partial charge is 0.276 e. The molecule has 2 aliphatic heterocycles. The molecule has 0 saturated heterocycles. The molecule has 0 radical (unpaired) electrons. The van der Waals surface area contributed by atoms with Gasteiger partial charge in [-0.2, -0.15) is 0 Å². The van der Waals surface area contributed by atoms with Gasteiger partial charge in [0.2, 0.25) is 5.43 Å². The van der Waals surface area contributed by atoms with Gasteiger partial charge in [0, 0.05) is 17.2 Å². The van der Waals surface area contributed by atoms with Crippen LogP contribution in [-0.4, -0.2) is 118 Å². The molecule has 1 unspecified atom stereocenters. The van der Waals surface area contributed by atoms with E-state index in [2.05, 4.69) is 140 Å². The average Bonchev–Trinajstić information content (AvgIpc) is 2.96. The topological polar surface area (TPSA) is 65.8 Å². The Labute approximate surface area is 263 Å². The lowest BCUT2D eigenvalue weighted by Crippen LogP contribution is -2.81. The molecule has 42 heavy (non-hydrogen) atoms. The summed E-state index contributed by atoms with van der Waals surface area (Å²) in [6, 6.07) is 18.0. The van der Waals surface area contributed by atoms with Crippen LogP contribution in [0, 0.1) is 0 Å². The number of carbonyl (C=O) groups is 1. The molecular formula is C24H34B11N3O3S. The fraction of sp³-hybridized carbons (Fsp3) is 0.250. The Morgan fingerprint density at radius 3 is 1.93 bits per heavy atom. The van der Waals surface area contributed by atoms with Crippen molar-refractivity contribution >= 4 is 104 Å². The molecule has 1 atom stereocenters. The molecule has 6 nitrogen and oxygen atoms in total. The lowest BCUT2D eigenvalue weighted by atomic mass is 9.17. The van der Waals surface area contributed by atoms with Crippen molar-refractivity contribution in [3.63, 3.8) is 0 Å². The van der Waals surface area contributed by atoms with Crippen molar-refractivity contribution in [2.45, 2.75) is 36.6 Å². The molecule has 0 spiro atoms. The maximum absolute atomic E-state index is 14.8. The van der Waals surface area contributed by atoms with Crippen LogP contribution in [0.3, 0.4) is 0 Å². The van der Waals surface area contributed by atoms with Crippen LogP contribution >= 0.6 is 11.8 Å². The molecule has 0 bridgehead atoms. The van der Waals surface area contributed by atoms with Crippen molar-refractivity contribution in [2.75, 3.05) is 5.01 Å². The van der Waals surface area contributed by atoms with Crippen molar-refractivity contribution < 1.29 is 9.90 Å². The highest BCUT2D eigenvalue weighted by molar-refractivity contribution is 8.02. The molecule has 0 fully saturated rings. The summed E-state index contributed by atoms with van der Waals surface area (Å²) in [5.41, 5.74) is 1.25. The van der Waals surface area contributed by atoms with E-state index in [1.807, 2.05) is 16.7 Å². The van der Waals surface area contributed by atoms with Crippen LogP contribution < -0.4 is 10.4 Å². The number of aromatic nitrogens is 1. The number of benzene rings is 2. The maximum atomic E-state index is 14.8. The van der Waals surface area contributed by atoms with E-state index in [-0.39, 0.29) is 32.4 Å². The Morgan fingerprint density at radius 2 is 1.33 bits per heavy atom. The highest BCUT2D eigenvalue weighted by atomic mass is 32.2. The first-order valence-electron chi connectivity index (χ1n) is 14.7. The minimum absolute atomic E-state index is 0.00678. The Bertz CT molecular complexity index is 1640. The van der Waals surface area contributed by atoms with Crippen LogP contribution in [0.25, 0.3) is 0 Å². The lowest BCUT2D eigenvalue weighted by Gasteiger charge is -2.68. The summed E-state index contributed by atoms with van der Waals surface area (Å²) in [5.74, 6) is -0.883. The van der Waals surface area contributed by atoms with Gasteiger partial charge in [-0.3, -0.25) is 19.3 Å². The summed E-state index contributed by atoms with van der Waals surface area (Å²) in [6.07, 6.45) is 1.65. The maximum Gasteiger partial charge on any atom is 0.276 e. The van der Waals surface area contributed by atoms with Crippen LogP contribution in [0.2, 0.25) is 10.2 Å². The van der Waals surface area contributed by atoms with Crippen LogP contribution in [0.5, 0.6) is 5.75 Å². The lowest BCUT2D eigenvalue weighted by molar-refractivity contribution is 0.0396. The third-order valence-corrected chi connectivity index (χ3v) is 11.2. The zero-order chi connectivity index (χ0) is 31.2. The van der Waals surface area contributed by atoms with Gasteiger partial charge in [-0.25, -0.2) is 0 Å². The minimum atomic E-state index is -0.912. The van der Waals surface area contributed by atoms with Gasteiger partial charge in [-0.15, -0.1) is 11.8 Å². The first-order valence-corrected chi connectivity index (χ1v) is 15.5. The van der Waals surface area contributed by atoms with Crippen molar-refractivity contribution in [3.05, 3.63) is 93.4 Å². The van der Waals surface area contributed by atoms with Crippen molar-refractivity contribution in [3.8, 4) is 5.75 Å². The molecule has 1 amide bonds. The monoisotopic (exact) mass is 565 g/mol. The summed E-state index contributed by atoms with van der Waals surface area (Å²) in [5, 5.41) is 12.8. The van der Waals surface area contributed by atoms with Gasteiger partial charge in [0.25, 0.3) is 5.91 Å². The van der Waals surface area contributed by atoms with E-state index in [9.17, 15) is 14.7 Å². The largest absolute Gasteiger partial charge is 0.502 e. The van der Waals surface area contributed by atoms with Gasteiger partial charge in [-0.05, 0) is 32.7 Å². The first kappa shape index (κ1) is 31.0. The summed E-state index contributed by atoms with van der Waals surface area (Å²) in [7, 11) is 23.8. The number of pyridine rings is 1. The fourth-order valence-corrected chi connectivity index (χ4v) is 8.74. The number of rotatable bonds is 4. The first-order chi connectivity index (χ1) is 19.3. The van der Waals surface area contributed by atoms with Crippen molar-refractivity contribution in [1.82, 2.24) is 9.58 Å². The number of fused-ring (bicyclic) bond motifs is 3. The average molecular weight is 564 g/mol. The molecular weight excluding hydrogens is 529 g/mol. The third-order valence-electron chi connectivity index (χ3n) is 9.89. The second kappa shape index (κ2) is 9.77. The zero-order valence-corrected chi connectivity index (χ0v) is 27.7. The van der Waals surface area contributed by atoms with E-state index in [0.29, 0.717) is 0 Å². The number of hydrogen-bond acceptors (Lipinski definition) is 5. The Kier molecular flexibility index (Phi) is 7.20. The van der Waals surface area contributed by atoms with Gasteiger partial charge in [0.15, 0.2) is 27.1 Å². The predicted molar refractivity (Wildman–Crippen MR) is 204 cm³/mol. The number of nitrogens with zero attached hydrogens (tertiary/aromatic N) is 3. The summed E-state index contributed by atoms with van der Waals surface area (Å²) >= 11 is 1.83. The van der Waals surface area contributed by atoms with E-state index < -0.39 is 22.1 Å². The molecule has 2 aliphatic rings. The minimum Gasteiger partial charge on any atom is -0.502 e. The molecule has 0 aliphatic carbocycles. The second-order valence-corrected chi connectivity index (χ2v) is 16.6. The molecule has 3 aromatic rings. The van der Waals surface area contributed by atoms with Crippen LogP contribution in [0.1, 0.15) is 33.2 Å². The van der Waals surface area contributed by atoms with Crippen molar-refractivity contribution in [2.24, 2.45) is 0 Å². The number of aromatic hydroxyl groups is 1. The molecule has 0 saturated carbocycles. The highest BCUT2D eigenvalue weighted by Gasteiger charge is 2.60. The second-order valence-electron chi connectivity index (χ2n) is 14.9. The normalized spacial score (nSPS) is 19.7. The summed E-state index contributed by atoms with van der Waals surface area (Å²) in [6.45, 7) is 0. The summed E-state index contributed by atoms with van der Waals surface area (Å²) < 4.78 is 1.51. The SMILES string of the molecule is BC1(B)Sc2ccccc2C(N2n3ccc(=O)c(O)c3C(=O)N(C(B)(C(B)(B)B)C(B)(B)B)C2(B)B)c2ccccc21. The molecule has 2 aromatic carbocycles. The number of carbonyl (C=O) groups excluding carboxylic acids is 1. The molecule has 5 rings (SSSR count). The fourth-order valence-electron chi connectivity index (χ4n) is 7.45. The predicted octanol–water partition coefficient (Wildman–Crippen LogP) is -7.63. The van der Waals surface area contributed by atoms with Crippen molar-refractivity contribution in [1.29, 1.82) is 0 Å². The van der Waals surface area contributed by atoms with Crippen LogP contribution in [-0.2, 0) is 4.55 Å². The Morgan fingerprint density at radius 1 is 0.786 bits per heavy atom. The number of thioether (sulfide) groups is 1. The van der Waals surface area contributed by atoms with Gasteiger partial charge in [0.05, 0.1) is 58.6 Å². The summed E-state index contributed by atoms with van der Waals surface area (Å²) in [4.78, 5) is 30.8. The van der Waals surface area contributed by atoms with Gasteiger partial charge in [0.1, 0.15) is 23.5 Å². The highest BCUT2D eigenvalue weighted by Crippen LogP contribution is 2.53. The van der Waals surface area contributed by atoms with Gasteiger partial charge >= 0.3 is 0 Å². The number of hydrogen-bond donors (Lipinski definition) is 1. The van der Waals surface area contributed by atoms with Gasteiger partial charge < -0.3 is 10.0 Å². The van der Waals surface area contributed by atoms with Crippen LogP contribution in [0.4, 0.5) is 0 Å². The van der Waals surface area contributed by atoms with E-state index in [1.165, 1.54) is 11.6 Å². The Hall–Kier alpha value is -2.48. The quantitative estimate of drug-likeness (QED) is 0.320. The third kappa shape index (κ3) is 4.33. The van der Waals surface area contributed by atoms with E-state index >= 15 is 0 Å². The molecule has 1 aromatic heterocycles. The molecule has 18 heteroatoms. The van der Waals surface area contributed by atoms with E-state index in [1.54, 1.807) is 10.9 Å². The molecule has 1 N–H and O–H groups in total. The Balaban J connectivity index is 1.95. The molecule has 202 valence electrons. The standard InChI is InChI=1S/C24H34B11N3O3S/c25-20(26)13-7-3-1-5-11(13)16(12-6-2-4-8-15(12)42-20)38-24(34,35)37(21(27,22(28,29)30)23(31,32)33)19(41)17-18(40)14(39)9-10-36(17)38/h1-10,16,40H,25-35H2.